The number of nitrogens with one attached hydrogen (secondary N) is 1. The largest absolute Gasteiger partial charge is 0.497 e. The number of hydrogen-bond acceptors (Lipinski definition) is 5. The summed E-state index contributed by atoms with van der Waals surface area (Å²) in [5.41, 5.74) is 0.750. The Bertz CT molecular complexity index is 587. The van der Waals surface area contributed by atoms with Crippen molar-refractivity contribution >= 4 is 11.9 Å². The molecule has 6 heteroatoms. The molecule has 98 valence electrons. The summed E-state index contributed by atoms with van der Waals surface area (Å²) in [6.07, 6.45) is 2.99. The van der Waals surface area contributed by atoms with Crippen LogP contribution in [0.25, 0.3) is 11.5 Å². The highest BCUT2D eigenvalue weighted by Gasteiger charge is 2.09. The van der Waals surface area contributed by atoms with Gasteiger partial charge in [0.05, 0.1) is 7.11 Å². The number of benzene rings is 1. The highest BCUT2D eigenvalue weighted by molar-refractivity contribution is 5.97. The fourth-order valence-corrected chi connectivity index (χ4v) is 1.42. The summed E-state index contributed by atoms with van der Waals surface area (Å²) < 4.78 is 10.4. The van der Waals surface area contributed by atoms with E-state index in [2.05, 4.69) is 15.5 Å². The van der Waals surface area contributed by atoms with Crippen LogP contribution >= 0.6 is 0 Å². The first kappa shape index (κ1) is 12.8. The van der Waals surface area contributed by atoms with E-state index in [-0.39, 0.29) is 11.9 Å². The molecular weight excluding hydrogens is 246 g/mol. The van der Waals surface area contributed by atoms with Crippen molar-refractivity contribution in [3.8, 4) is 17.2 Å². The lowest BCUT2D eigenvalue weighted by Gasteiger charge is -1.99. The Morgan fingerprint density at radius 1 is 1.32 bits per heavy atom. The molecule has 0 bridgehead atoms. The Morgan fingerprint density at radius 3 is 2.68 bits per heavy atom. The minimum absolute atomic E-state index is 0.0638. The van der Waals surface area contributed by atoms with Crippen LogP contribution in [0.1, 0.15) is 6.92 Å². The van der Waals surface area contributed by atoms with Crippen LogP contribution in [-0.4, -0.2) is 23.2 Å². The Hall–Kier alpha value is -2.63. The van der Waals surface area contributed by atoms with Gasteiger partial charge in [0.15, 0.2) is 0 Å². The lowest BCUT2D eigenvalue weighted by atomic mass is 10.2. The van der Waals surface area contributed by atoms with E-state index in [1.807, 2.05) is 0 Å². The molecule has 1 heterocycles. The van der Waals surface area contributed by atoms with Gasteiger partial charge < -0.3 is 9.15 Å². The molecular formula is C13H13N3O3. The van der Waals surface area contributed by atoms with E-state index in [4.69, 9.17) is 9.15 Å². The average molecular weight is 259 g/mol. The molecule has 19 heavy (non-hydrogen) atoms. The molecule has 0 aliphatic carbocycles. The number of amides is 1. The van der Waals surface area contributed by atoms with Gasteiger partial charge in [-0.2, -0.15) is 0 Å². The number of rotatable bonds is 4. The smallest absolute Gasteiger partial charge is 0.322 e. The van der Waals surface area contributed by atoms with Crippen LogP contribution in [0.5, 0.6) is 5.75 Å². The molecule has 0 unspecified atom stereocenters. The van der Waals surface area contributed by atoms with E-state index >= 15 is 0 Å². The van der Waals surface area contributed by atoms with Crippen molar-refractivity contribution in [3.05, 3.63) is 36.4 Å². The first-order chi connectivity index (χ1) is 9.22. The third-order valence-corrected chi connectivity index (χ3v) is 2.31. The number of anilines is 1. The van der Waals surface area contributed by atoms with E-state index in [1.54, 1.807) is 44.4 Å². The lowest BCUT2D eigenvalue weighted by Crippen LogP contribution is -2.07. The zero-order chi connectivity index (χ0) is 13.7. The van der Waals surface area contributed by atoms with Crippen molar-refractivity contribution < 1.29 is 13.9 Å². The molecule has 6 nitrogen and oxygen atoms in total. The number of carbonyl (C=O) groups excluding carboxylic acids is 1. The lowest BCUT2D eigenvalue weighted by molar-refractivity contribution is -0.112. The number of carbonyl (C=O) groups is 1. The molecule has 2 rings (SSSR count). The van der Waals surface area contributed by atoms with Crippen LogP contribution in [0.15, 0.2) is 40.8 Å². The minimum Gasteiger partial charge on any atom is -0.497 e. The molecule has 0 fully saturated rings. The van der Waals surface area contributed by atoms with Gasteiger partial charge in [-0.3, -0.25) is 10.1 Å². The second kappa shape index (κ2) is 5.81. The van der Waals surface area contributed by atoms with Gasteiger partial charge in [-0.1, -0.05) is 11.2 Å². The zero-order valence-electron chi connectivity index (χ0n) is 10.6. The SMILES string of the molecule is C/C=C/C(=O)Nc1nnc(-c2ccc(OC)cc2)o1. The van der Waals surface area contributed by atoms with E-state index in [1.165, 1.54) is 6.08 Å². The van der Waals surface area contributed by atoms with Crippen LogP contribution < -0.4 is 10.1 Å². The van der Waals surface area contributed by atoms with Crippen molar-refractivity contribution in [1.29, 1.82) is 0 Å². The first-order valence-corrected chi connectivity index (χ1v) is 5.64. The van der Waals surface area contributed by atoms with Crippen LogP contribution in [0.4, 0.5) is 6.01 Å². The zero-order valence-corrected chi connectivity index (χ0v) is 10.6. The first-order valence-electron chi connectivity index (χ1n) is 5.64. The molecule has 2 aromatic rings. The molecule has 0 radical (unpaired) electrons. The van der Waals surface area contributed by atoms with Crippen molar-refractivity contribution in [2.45, 2.75) is 6.92 Å². The van der Waals surface area contributed by atoms with Gasteiger partial charge >= 0.3 is 6.01 Å². The number of nitrogens with zero attached hydrogens (tertiary/aromatic N) is 2. The van der Waals surface area contributed by atoms with Gasteiger partial charge in [0.2, 0.25) is 5.89 Å². The summed E-state index contributed by atoms with van der Waals surface area (Å²) >= 11 is 0. The Morgan fingerprint density at radius 2 is 2.05 bits per heavy atom. The minimum atomic E-state index is -0.313. The van der Waals surface area contributed by atoms with Crippen LogP contribution in [-0.2, 0) is 4.79 Å². The monoisotopic (exact) mass is 259 g/mol. The third kappa shape index (κ3) is 3.19. The summed E-state index contributed by atoms with van der Waals surface area (Å²) in [7, 11) is 1.59. The van der Waals surface area contributed by atoms with E-state index in [0.29, 0.717) is 5.89 Å². The summed E-state index contributed by atoms with van der Waals surface area (Å²) in [5, 5.41) is 10.1. The molecule has 0 aliphatic heterocycles. The van der Waals surface area contributed by atoms with Gasteiger partial charge in [0.25, 0.3) is 5.91 Å². The summed E-state index contributed by atoms with van der Waals surface area (Å²) in [5.74, 6) is 0.760. The molecule has 0 saturated heterocycles. The molecule has 0 atom stereocenters. The van der Waals surface area contributed by atoms with E-state index in [9.17, 15) is 4.79 Å². The number of methoxy groups -OCH3 is 1. The highest BCUT2D eigenvalue weighted by Crippen LogP contribution is 2.22. The molecule has 1 N–H and O–H groups in total. The predicted molar refractivity (Wildman–Crippen MR) is 69.7 cm³/mol. The van der Waals surface area contributed by atoms with Crippen LogP contribution in [0, 0.1) is 0 Å². The maximum absolute atomic E-state index is 11.3. The molecule has 0 saturated carbocycles. The van der Waals surface area contributed by atoms with Gasteiger partial charge in [0.1, 0.15) is 5.75 Å². The fraction of sp³-hybridized carbons (Fsp3) is 0.154. The molecule has 0 aliphatic rings. The van der Waals surface area contributed by atoms with Crippen molar-refractivity contribution in [2.75, 3.05) is 12.4 Å². The van der Waals surface area contributed by atoms with Crippen molar-refractivity contribution in [3.63, 3.8) is 0 Å². The quantitative estimate of drug-likeness (QED) is 0.852. The van der Waals surface area contributed by atoms with E-state index in [0.717, 1.165) is 11.3 Å². The van der Waals surface area contributed by atoms with Crippen LogP contribution in [0.2, 0.25) is 0 Å². The maximum atomic E-state index is 11.3. The number of hydrogen-bond donors (Lipinski definition) is 1. The second-order valence-corrected chi connectivity index (χ2v) is 3.63. The van der Waals surface area contributed by atoms with Gasteiger partial charge in [-0.25, -0.2) is 0 Å². The highest BCUT2D eigenvalue weighted by atomic mass is 16.5. The standard InChI is InChI=1S/C13H13N3O3/c1-3-4-11(17)14-13-16-15-12(19-13)9-5-7-10(18-2)8-6-9/h3-8H,1-2H3,(H,14,16,17)/b4-3+. The second-order valence-electron chi connectivity index (χ2n) is 3.63. The van der Waals surface area contributed by atoms with Gasteiger partial charge in [-0.15, -0.1) is 5.10 Å². The van der Waals surface area contributed by atoms with Gasteiger partial charge in [0, 0.05) is 5.56 Å². The molecule has 0 spiro atoms. The topological polar surface area (TPSA) is 77.2 Å². The third-order valence-electron chi connectivity index (χ3n) is 2.31. The number of ether oxygens (including phenoxy) is 1. The molecule has 1 aromatic heterocycles. The fourth-order valence-electron chi connectivity index (χ4n) is 1.42. The summed E-state index contributed by atoms with van der Waals surface area (Å²) in [4.78, 5) is 11.3. The Balaban J connectivity index is 2.13. The Kier molecular flexibility index (Phi) is 3.92. The normalized spacial score (nSPS) is 10.6. The van der Waals surface area contributed by atoms with Crippen LogP contribution in [0.3, 0.4) is 0 Å². The average Bonchev–Trinajstić information content (AvgIpc) is 2.87. The number of allylic oxidation sites excluding steroid dienone is 1. The molecule has 1 aromatic carbocycles. The predicted octanol–water partition coefficient (Wildman–Crippen LogP) is 2.26. The van der Waals surface area contributed by atoms with Gasteiger partial charge in [-0.05, 0) is 37.3 Å². The number of aromatic nitrogens is 2. The van der Waals surface area contributed by atoms with Crippen molar-refractivity contribution in [1.82, 2.24) is 10.2 Å². The molecule has 1 amide bonds. The van der Waals surface area contributed by atoms with E-state index < -0.39 is 0 Å². The summed E-state index contributed by atoms with van der Waals surface area (Å²) in [6.45, 7) is 1.75. The maximum Gasteiger partial charge on any atom is 0.322 e. The van der Waals surface area contributed by atoms with Crippen molar-refractivity contribution in [2.24, 2.45) is 0 Å². The summed E-state index contributed by atoms with van der Waals surface area (Å²) in [6, 6.07) is 7.23. The Labute approximate surface area is 110 Å².